The van der Waals surface area contributed by atoms with Gasteiger partial charge in [-0.05, 0) is 0 Å². The molecule has 1 aliphatic rings. The summed E-state index contributed by atoms with van der Waals surface area (Å²) >= 11 is 0. The summed E-state index contributed by atoms with van der Waals surface area (Å²) in [5.74, 6) is -4.67. The van der Waals surface area contributed by atoms with Crippen LogP contribution in [0.1, 0.15) is 20.8 Å². The molecule has 1 amide bonds. The van der Waals surface area contributed by atoms with Gasteiger partial charge in [0.2, 0.25) is 0 Å². The molecular formula is C14H18F3NO8. The number of carbonyl (C=O) groups excluding carboxylic acids is 4. The minimum absolute atomic E-state index is 0.398. The minimum Gasteiger partial charge on any atom is -0.463 e. The third kappa shape index (κ3) is 6.50. The van der Waals surface area contributed by atoms with E-state index in [0.717, 1.165) is 20.8 Å². The second-order valence-corrected chi connectivity index (χ2v) is 5.40. The van der Waals surface area contributed by atoms with Crippen molar-refractivity contribution in [1.82, 2.24) is 5.32 Å². The van der Waals surface area contributed by atoms with Gasteiger partial charge in [0.05, 0.1) is 12.6 Å². The molecule has 9 nitrogen and oxygen atoms in total. The van der Waals surface area contributed by atoms with E-state index in [1.807, 2.05) is 0 Å². The summed E-state index contributed by atoms with van der Waals surface area (Å²) in [5, 5.41) is 1.64. The lowest BCUT2D eigenvalue weighted by atomic mass is 9.97. The number of esters is 3. The summed E-state index contributed by atoms with van der Waals surface area (Å²) < 4.78 is 57.4. The first-order chi connectivity index (χ1) is 11.9. The van der Waals surface area contributed by atoms with Gasteiger partial charge < -0.3 is 24.3 Å². The van der Waals surface area contributed by atoms with Gasteiger partial charge in [-0.1, -0.05) is 0 Å². The number of ether oxygens (including phenoxy) is 4. The molecule has 0 aliphatic carbocycles. The average molecular weight is 385 g/mol. The van der Waals surface area contributed by atoms with Crippen LogP contribution in [0.5, 0.6) is 0 Å². The summed E-state index contributed by atoms with van der Waals surface area (Å²) in [5.41, 5.74) is 0. The van der Waals surface area contributed by atoms with Crippen LogP contribution in [0.25, 0.3) is 0 Å². The van der Waals surface area contributed by atoms with Crippen molar-refractivity contribution >= 4 is 23.8 Å². The van der Waals surface area contributed by atoms with Crippen LogP contribution in [0.3, 0.4) is 0 Å². The van der Waals surface area contributed by atoms with Crippen molar-refractivity contribution < 1.29 is 51.3 Å². The van der Waals surface area contributed by atoms with Gasteiger partial charge in [-0.15, -0.1) is 0 Å². The number of halogens is 3. The standard InChI is InChI=1S/C14H18F3NO8/c1-6(19)23-5-10-12(26-8(3)21)11(25-7(2)20)9(4-24-10)18-13(22)14(15,16)17/h9-12H,4-5H2,1-3H3,(H,18,22)/t9-,10+,11+,12-/m0/s1. The van der Waals surface area contributed by atoms with Gasteiger partial charge in [-0.2, -0.15) is 13.2 Å². The highest BCUT2D eigenvalue weighted by Crippen LogP contribution is 2.24. The quantitative estimate of drug-likeness (QED) is 0.513. The van der Waals surface area contributed by atoms with E-state index in [2.05, 4.69) is 0 Å². The van der Waals surface area contributed by atoms with Crippen molar-refractivity contribution in [3.8, 4) is 0 Å². The number of amides is 1. The Morgan fingerprint density at radius 3 is 2.00 bits per heavy atom. The van der Waals surface area contributed by atoms with Crippen LogP contribution in [-0.2, 0) is 38.1 Å². The lowest BCUT2D eigenvalue weighted by Gasteiger charge is -2.41. The normalized spacial score (nSPS) is 25.8. The molecule has 0 saturated carbocycles. The van der Waals surface area contributed by atoms with E-state index in [4.69, 9.17) is 18.9 Å². The first-order valence-corrected chi connectivity index (χ1v) is 7.39. The highest BCUT2D eigenvalue weighted by Gasteiger charge is 2.49. The molecule has 26 heavy (non-hydrogen) atoms. The molecule has 0 aromatic heterocycles. The lowest BCUT2D eigenvalue weighted by Crippen LogP contribution is -2.63. The Hall–Kier alpha value is -2.37. The Labute approximate surface area is 146 Å². The molecule has 1 saturated heterocycles. The monoisotopic (exact) mass is 385 g/mol. The summed E-state index contributed by atoms with van der Waals surface area (Å²) in [4.78, 5) is 44.8. The minimum atomic E-state index is -5.17. The van der Waals surface area contributed by atoms with Crippen LogP contribution in [-0.4, -0.2) is 67.6 Å². The molecule has 0 radical (unpaired) electrons. The Kier molecular flexibility index (Phi) is 7.36. The van der Waals surface area contributed by atoms with E-state index in [1.54, 1.807) is 5.32 Å². The number of rotatable bonds is 5. The smallest absolute Gasteiger partial charge is 0.463 e. The number of hydrogen-bond donors (Lipinski definition) is 1. The Bertz CT molecular complexity index is 565. The Balaban J connectivity index is 3.05. The van der Waals surface area contributed by atoms with Gasteiger partial charge in [-0.3, -0.25) is 19.2 Å². The predicted octanol–water partition coefficient (Wildman–Crippen LogP) is -0.141. The predicted molar refractivity (Wildman–Crippen MR) is 75.5 cm³/mol. The van der Waals surface area contributed by atoms with E-state index in [0.29, 0.717) is 0 Å². The maximum atomic E-state index is 12.5. The molecule has 1 fully saturated rings. The zero-order valence-electron chi connectivity index (χ0n) is 14.1. The second kappa shape index (κ2) is 8.83. The molecule has 148 valence electrons. The molecule has 0 spiro atoms. The van der Waals surface area contributed by atoms with Crippen molar-refractivity contribution in [3.63, 3.8) is 0 Å². The molecular weight excluding hydrogens is 367 g/mol. The fraction of sp³-hybridized carbons (Fsp3) is 0.714. The van der Waals surface area contributed by atoms with Crippen molar-refractivity contribution in [2.24, 2.45) is 0 Å². The molecule has 0 aromatic carbocycles. The molecule has 1 rings (SSSR count). The van der Waals surface area contributed by atoms with Gasteiger partial charge in [0.25, 0.3) is 0 Å². The van der Waals surface area contributed by atoms with Crippen molar-refractivity contribution in [2.75, 3.05) is 13.2 Å². The highest BCUT2D eigenvalue weighted by molar-refractivity contribution is 5.82. The van der Waals surface area contributed by atoms with Crippen LogP contribution >= 0.6 is 0 Å². The largest absolute Gasteiger partial charge is 0.471 e. The van der Waals surface area contributed by atoms with Gasteiger partial charge in [0.15, 0.2) is 12.2 Å². The molecule has 1 N–H and O–H groups in total. The van der Waals surface area contributed by atoms with Crippen LogP contribution in [0.15, 0.2) is 0 Å². The van der Waals surface area contributed by atoms with Gasteiger partial charge >= 0.3 is 30.0 Å². The molecule has 0 unspecified atom stereocenters. The van der Waals surface area contributed by atoms with E-state index in [9.17, 15) is 32.3 Å². The van der Waals surface area contributed by atoms with Gasteiger partial charge in [0, 0.05) is 20.8 Å². The van der Waals surface area contributed by atoms with Crippen molar-refractivity contribution in [1.29, 1.82) is 0 Å². The van der Waals surface area contributed by atoms with Crippen LogP contribution in [0.2, 0.25) is 0 Å². The number of nitrogens with one attached hydrogen (secondary N) is 1. The van der Waals surface area contributed by atoms with E-state index in [1.165, 1.54) is 0 Å². The Morgan fingerprint density at radius 2 is 1.54 bits per heavy atom. The van der Waals surface area contributed by atoms with Gasteiger partial charge in [-0.25, -0.2) is 0 Å². The fourth-order valence-electron chi connectivity index (χ4n) is 2.25. The van der Waals surface area contributed by atoms with E-state index in [-0.39, 0.29) is 0 Å². The van der Waals surface area contributed by atoms with Crippen molar-refractivity contribution in [2.45, 2.75) is 51.3 Å². The first-order valence-electron chi connectivity index (χ1n) is 7.39. The molecule has 1 heterocycles. The number of carbonyl (C=O) groups is 4. The summed E-state index contributed by atoms with van der Waals surface area (Å²) in [6.45, 7) is 2.23. The first kappa shape index (κ1) is 21.7. The second-order valence-electron chi connectivity index (χ2n) is 5.40. The van der Waals surface area contributed by atoms with Gasteiger partial charge in [0.1, 0.15) is 12.7 Å². The summed E-state index contributed by atoms with van der Waals surface area (Å²) in [6, 6.07) is -1.44. The maximum Gasteiger partial charge on any atom is 0.471 e. The topological polar surface area (TPSA) is 117 Å². The molecule has 1 aliphatic heterocycles. The maximum absolute atomic E-state index is 12.5. The van der Waals surface area contributed by atoms with Crippen LogP contribution in [0.4, 0.5) is 13.2 Å². The molecule has 4 atom stereocenters. The zero-order valence-corrected chi connectivity index (χ0v) is 14.1. The average Bonchev–Trinajstić information content (AvgIpc) is 2.47. The SMILES string of the molecule is CC(=O)OC[C@H]1OC[C@H](NC(=O)C(F)(F)F)[C@@H](OC(C)=O)[C@H]1OC(C)=O. The lowest BCUT2D eigenvalue weighted by molar-refractivity contribution is -0.210. The molecule has 0 bridgehead atoms. The third-order valence-corrected chi connectivity index (χ3v) is 3.21. The van der Waals surface area contributed by atoms with E-state index < -0.39 is 67.6 Å². The van der Waals surface area contributed by atoms with Crippen LogP contribution < -0.4 is 5.32 Å². The fourth-order valence-corrected chi connectivity index (χ4v) is 2.25. The number of hydrogen-bond acceptors (Lipinski definition) is 8. The van der Waals surface area contributed by atoms with Crippen LogP contribution in [0, 0.1) is 0 Å². The Morgan fingerprint density at radius 1 is 1.00 bits per heavy atom. The summed E-state index contributed by atoms with van der Waals surface area (Å²) in [7, 11) is 0. The molecule has 12 heteroatoms. The van der Waals surface area contributed by atoms with E-state index >= 15 is 0 Å². The molecule has 0 aromatic rings. The highest BCUT2D eigenvalue weighted by atomic mass is 19.4. The van der Waals surface area contributed by atoms with Crippen molar-refractivity contribution in [3.05, 3.63) is 0 Å². The zero-order chi connectivity index (χ0) is 20.1. The number of alkyl halides is 3. The summed E-state index contributed by atoms with van der Waals surface area (Å²) in [6.07, 6.45) is -9.15. The third-order valence-electron chi connectivity index (χ3n) is 3.21.